The standard InChI is InChI=1S/C21H24ClN3O4S/c1-21(20(27)23-12-16-6-4-3-5-7-16)15-24(30(2,28)29)14-19(26)25(21)13-17-8-10-18(22)11-9-17/h3-11H,12-15H2,1-2H3,(H,23,27)/t21-/m1/s1. The van der Waals surface area contributed by atoms with E-state index in [1.807, 2.05) is 30.3 Å². The summed E-state index contributed by atoms with van der Waals surface area (Å²) in [5.41, 5.74) is 0.329. The van der Waals surface area contributed by atoms with Crippen molar-refractivity contribution in [1.82, 2.24) is 14.5 Å². The predicted molar refractivity (Wildman–Crippen MR) is 115 cm³/mol. The first-order valence-electron chi connectivity index (χ1n) is 9.42. The van der Waals surface area contributed by atoms with Gasteiger partial charge in [-0.05, 0) is 30.2 Å². The second-order valence-corrected chi connectivity index (χ2v) is 10.00. The van der Waals surface area contributed by atoms with Crippen molar-refractivity contribution in [3.63, 3.8) is 0 Å². The van der Waals surface area contributed by atoms with Crippen LogP contribution >= 0.6 is 11.6 Å². The topological polar surface area (TPSA) is 86.8 Å². The van der Waals surface area contributed by atoms with E-state index < -0.39 is 27.4 Å². The van der Waals surface area contributed by atoms with Gasteiger partial charge in [-0.1, -0.05) is 54.1 Å². The number of amides is 2. The van der Waals surface area contributed by atoms with Gasteiger partial charge in [-0.3, -0.25) is 9.59 Å². The van der Waals surface area contributed by atoms with Crippen LogP contribution in [0, 0.1) is 0 Å². The first-order valence-corrected chi connectivity index (χ1v) is 11.6. The molecule has 0 unspecified atom stereocenters. The zero-order chi connectivity index (χ0) is 21.9. The summed E-state index contributed by atoms with van der Waals surface area (Å²) in [6, 6.07) is 16.3. The summed E-state index contributed by atoms with van der Waals surface area (Å²) in [5, 5.41) is 3.42. The number of sulfonamides is 1. The number of rotatable bonds is 6. The molecule has 3 rings (SSSR count). The molecule has 0 aromatic heterocycles. The average Bonchev–Trinajstić information content (AvgIpc) is 2.70. The summed E-state index contributed by atoms with van der Waals surface area (Å²) in [7, 11) is -3.64. The second-order valence-electron chi connectivity index (χ2n) is 7.58. The van der Waals surface area contributed by atoms with Crippen molar-refractivity contribution < 1.29 is 18.0 Å². The third kappa shape index (κ3) is 5.00. The lowest BCUT2D eigenvalue weighted by molar-refractivity contribution is -0.153. The molecule has 2 amide bonds. The van der Waals surface area contributed by atoms with Gasteiger partial charge < -0.3 is 10.2 Å². The van der Waals surface area contributed by atoms with Gasteiger partial charge in [0.15, 0.2) is 0 Å². The molecule has 1 N–H and O–H groups in total. The van der Waals surface area contributed by atoms with Gasteiger partial charge >= 0.3 is 0 Å². The maximum atomic E-state index is 13.2. The fourth-order valence-electron chi connectivity index (χ4n) is 3.43. The zero-order valence-electron chi connectivity index (χ0n) is 16.8. The minimum atomic E-state index is -3.64. The van der Waals surface area contributed by atoms with E-state index in [2.05, 4.69) is 5.32 Å². The van der Waals surface area contributed by atoms with Crippen LogP contribution in [0.5, 0.6) is 0 Å². The molecule has 0 spiro atoms. The lowest BCUT2D eigenvalue weighted by Gasteiger charge is -2.46. The molecule has 9 heteroatoms. The molecule has 0 radical (unpaired) electrons. The molecule has 2 aromatic rings. The quantitative estimate of drug-likeness (QED) is 0.730. The Kier molecular flexibility index (Phi) is 6.50. The SMILES string of the molecule is C[C@]1(C(=O)NCc2ccccc2)CN(S(C)(=O)=O)CC(=O)N1Cc1ccc(Cl)cc1. The Morgan fingerprint density at radius 3 is 2.33 bits per heavy atom. The first kappa shape index (κ1) is 22.3. The highest BCUT2D eigenvalue weighted by molar-refractivity contribution is 7.88. The minimum Gasteiger partial charge on any atom is -0.350 e. The Balaban J connectivity index is 1.88. The van der Waals surface area contributed by atoms with E-state index in [1.165, 1.54) is 4.90 Å². The molecule has 0 saturated carbocycles. The largest absolute Gasteiger partial charge is 0.350 e. The highest BCUT2D eigenvalue weighted by Crippen LogP contribution is 2.27. The van der Waals surface area contributed by atoms with E-state index in [9.17, 15) is 18.0 Å². The van der Waals surface area contributed by atoms with Crippen molar-refractivity contribution in [1.29, 1.82) is 0 Å². The monoisotopic (exact) mass is 449 g/mol. The Labute approximate surface area is 181 Å². The number of nitrogens with zero attached hydrogens (tertiary/aromatic N) is 2. The average molecular weight is 450 g/mol. The number of nitrogens with one attached hydrogen (secondary N) is 1. The van der Waals surface area contributed by atoms with Crippen LogP contribution in [0.2, 0.25) is 5.02 Å². The van der Waals surface area contributed by atoms with Crippen LogP contribution in [0.15, 0.2) is 54.6 Å². The molecule has 1 heterocycles. The summed E-state index contributed by atoms with van der Waals surface area (Å²) >= 11 is 5.94. The van der Waals surface area contributed by atoms with Crippen LogP contribution in [-0.2, 0) is 32.7 Å². The van der Waals surface area contributed by atoms with E-state index in [0.29, 0.717) is 5.02 Å². The van der Waals surface area contributed by atoms with Crippen molar-refractivity contribution >= 4 is 33.4 Å². The lowest BCUT2D eigenvalue weighted by Crippen LogP contribution is -2.69. The minimum absolute atomic E-state index is 0.119. The number of carbonyl (C=O) groups excluding carboxylic acids is 2. The maximum absolute atomic E-state index is 13.2. The number of piperazine rings is 1. The summed E-state index contributed by atoms with van der Waals surface area (Å²) in [4.78, 5) is 27.6. The van der Waals surface area contributed by atoms with Crippen LogP contribution in [-0.4, -0.2) is 54.3 Å². The second kappa shape index (κ2) is 8.75. The Hall–Kier alpha value is -2.42. The summed E-state index contributed by atoms with van der Waals surface area (Å²) in [5.74, 6) is -0.846. The lowest BCUT2D eigenvalue weighted by atomic mass is 9.94. The molecule has 30 heavy (non-hydrogen) atoms. The van der Waals surface area contributed by atoms with Gasteiger partial charge in [0.05, 0.1) is 12.8 Å². The smallest absolute Gasteiger partial charge is 0.247 e. The van der Waals surface area contributed by atoms with E-state index >= 15 is 0 Å². The third-order valence-corrected chi connectivity index (χ3v) is 6.65. The predicted octanol–water partition coefficient (Wildman–Crippen LogP) is 2.02. The van der Waals surface area contributed by atoms with E-state index in [0.717, 1.165) is 21.7 Å². The third-order valence-electron chi connectivity index (χ3n) is 5.20. The number of benzene rings is 2. The number of carbonyl (C=O) groups is 2. The zero-order valence-corrected chi connectivity index (χ0v) is 18.4. The number of hydrogen-bond acceptors (Lipinski definition) is 4. The molecule has 2 aromatic carbocycles. The van der Waals surface area contributed by atoms with Gasteiger partial charge in [0, 0.05) is 24.7 Å². The van der Waals surface area contributed by atoms with E-state index in [-0.39, 0.29) is 26.2 Å². The van der Waals surface area contributed by atoms with Gasteiger partial charge in [-0.2, -0.15) is 4.31 Å². The van der Waals surface area contributed by atoms with Crippen molar-refractivity contribution in [2.24, 2.45) is 0 Å². The molecule has 1 aliphatic rings. The molecule has 1 fully saturated rings. The molecule has 0 aliphatic carbocycles. The summed E-state index contributed by atoms with van der Waals surface area (Å²) in [6.07, 6.45) is 1.04. The van der Waals surface area contributed by atoms with Crippen molar-refractivity contribution in [2.45, 2.75) is 25.6 Å². The number of halogens is 1. The molecule has 1 atom stereocenters. The van der Waals surface area contributed by atoms with Gasteiger partial charge in [-0.25, -0.2) is 8.42 Å². The van der Waals surface area contributed by atoms with Crippen molar-refractivity contribution in [3.05, 3.63) is 70.7 Å². The Morgan fingerprint density at radius 1 is 1.10 bits per heavy atom. The number of hydrogen-bond donors (Lipinski definition) is 1. The molecule has 1 saturated heterocycles. The van der Waals surface area contributed by atoms with Crippen LogP contribution in [0.1, 0.15) is 18.1 Å². The van der Waals surface area contributed by atoms with Crippen LogP contribution < -0.4 is 5.32 Å². The van der Waals surface area contributed by atoms with Gasteiger partial charge in [0.1, 0.15) is 5.54 Å². The fraction of sp³-hybridized carbons (Fsp3) is 0.333. The van der Waals surface area contributed by atoms with E-state index in [4.69, 9.17) is 11.6 Å². The molecule has 160 valence electrons. The fourth-order valence-corrected chi connectivity index (χ4v) is 4.39. The maximum Gasteiger partial charge on any atom is 0.247 e. The molecule has 7 nitrogen and oxygen atoms in total. The molecule has 0 bridgehead atoms. The summed E-state index contributed by atoms with van der Waals surface area (Å²) in [6.45, 7) is 1.62. The van der Waals surface area contributed by atoms with E-state index in [1.54, 1.807) is 31.2 Å². The summed E-state index contributed by atoms with van der Waals surface area (Å²) < 4.78 is 25.3. The van der Waals surface area contributed by atoms with Crippen LogP contribution in [0.25, 0.3) is 0 Å². The van der Waals surface area contributed by atoms with Crippen molar-refractivity contribution in [3.8, 4) is 0 Å². The molecular weight excluding hydrogens is 426 g/mol. The van der Waals surface area contributed by atoms with Crippen LogP contribution in [0.4, 0.5) is 0 Å². The Bertz CT molecular complexity index is 1030. The van der Waals surface area contributed by atoms with Gasteiger partial charge in [0.25, 0.3) is 0 Å². The van der Waals surface area contributed by atoms with Gasteiger partial charge in [-0.15, -0.1) is 0 Å². The highest BCUT2D eigenvalue weighted by atomic mass is 35.5. The normalized spacial score (nSPS) is 20.2. The first-order chi connectivity index (χ1) is 14.1. The van der Waals surface area contributed by atoms with Crippen LogP contribution in [0.3, 0.4) is 0 Å². The molecular formula is C21H24ClN3O4S. The van der Waals surface area contributed by atoms with Gasteiger partial charge in [0.2, 0.25) is 21.8 Å². The Morgan fingerprint density at radius 2 is 1.73 bits per heavy atom. The van der Waals surface area contributed by atoms with Crippen molar-refractivity contribution in [2.75, 3.05) is 19.3 Å². The highest BCUT2D eigenvalue weighted by Gasteiger charge is 2.49. The molecule has 1 aliphatic heterocycles.